The second-order valence-corrected chi connectivity index (χ2v) is 4.73. The van der Waals surface area contributed by atoms with Crippen LogP contribution in [-0.4, -0.2) is 15.1 Å². The Morgan fingerprint density at radius 1 is 1.11 bits per heavy atom. The van der Waals surface area contributed by atoms with Crippen LogP contribution in [0.1, 0.15) is 0 Å². The zero-order valence-corrected chi connectivity index (χ0v) is 11.3. The molecule has 0 fully saturated rings. The van der Waals surface area contributed by atoms with Crippen molar-refractivity contribution in [1.29, 1.82) is 0 Å². The first-order valence-electron chi connectivity index (χ1n) is 5.54. The summed E-state index contributed by atoms with van der Waals surface area (Å²) in [6.45, 7) is 0. The molecule has 94 valence electrons. The van der Waals surface area contributed by atoms with Gasteiger partial charge in [0, 0.05) is 10.0 Å². The van der Waals surface area contributed by atoms with Crippen molar-refractivity contribution < 1.29 is 4.52 Å². The van der Waals surface area contributed by atoms with E-state index < -0.39 is 0 Å². The summed E-state index contributed by atoms with van der Waals surface area (Å²) < 4.78 is 6.12. The predicted octanol–water partition coefficient (Wildman–Crippen LogP) is 3.14. The molecule has 0 spiro atoms. The summed E-state index contributed by atoms with van der Waals surface area (Å²) in [7, 11) is 0. The molecular weight excluding hydrogens is 308 g/mol. The predicted molar refractivity (Wildman–Crippen MR) is 75.1 cm³/mol. The van der Waals surface area contributed by atoms with Gasteiger partial charge in [-0.1, -0.05) is 33.2 Å². The molecule has 0 aliphatic heterocycles. The van der Waals surface area contributed by atoms with Gasteiger partial charge in [-0.15, -0.1) is 0 Å². The molecule has 0 atom stereocenters. The third kappa shape index (κ3) is 2.34. The van der Waals surface area contributed by atoms with Crippen LogP contribution in [0.5, 0.6) is 0 Å². The lowest BCUT2D eigenvalue weighted by Gasteiger charge is -1.96. The van der Waals surface area contributed by atoms with Crippen LogP contribution in [0.2, 0.25) is 0 Å². The largest absolute Gasteiger partial charge is 0.397 e. The van der Waals surface area contributed by atoms with Crippen molar-refractivity contribution in [2.24, 2.45) is 0 Å². The Balaban J connectivity index is 2.00. The zero-order chi connectivity index (χ0) is 13.2. The van der Waals surface area contributed by atoms with E-state index in [0.717, 1.165) is 10.0 Å². The molecule has 2 N–H and O–H groups in total. The number of halogens is 1. The highest BCUT2D eigenvalue weighted by Gasteiger charge is 2.13. The molecule has 0 unspecified atom stereocenters. The maximum absolute atomic E-state index is 5.59. The number of nitrogens with two attached hydrogens (primary N) is 1. The van der Waals surface area contributed by atoms with Gasteiger partial charge in [0.05, 0.1) is 11.9 Å². The van der Waals surface area contributed by atoms with Crippen molar-refractivity contribution in [3.05, 3.63) is 47.1 Å². The Morgan fingerprint density at radius 3 is 2.68 bits per heavy atom. The number of hydrogen-bond donors (Lipinski definition) is 1. The van der Waals surface area contributed by atoms with Gasteiger partial charge in [0.1, 0.15) is 5.69 Å². The maximum atomic E-state index is 5.59. The minimum absolute atomic E-state index is 0.366. The Hall–Kier alpha value is -2.21. The van der Waals surface area contributed by atoms with Crippen LogP contribution in [0, 0.1) is 0 Å². The molecule has 3 aromatic rings. The lowest BCUT2D eigenvalue weighted by Crippen LogP contribution is -1.88. The first kappa shape index (κ1) is 11.9. The Kier molecular flexibility index (Phi) is 3.00. The maximum Gasteiger partial charge on any atom is 0.276 e. The molecule has 0 radical (unpaired) electrons. The van der Waals surface area contributed by atoms with Crippen LogP contribution in [0.4, 0.5) is 5.69 Å². The van der Waals surface area contributed by atoms with Crippen LogP contribution in [0.25, 0.3) is 23.0 Å². The summed E-state index contributed by atoms with van der Waals surface area (Å²) in [5.41, 5.74) is 7.64. The minimum Gasteiger partial charge on any atom is -0.397 e. The van der Waals surface area contributed by atoms with E-state index >= 15 is 0 Å². The van der Waals surface area contributed by atoms with E-state index in [4.69, 9.17) is 10.3 Å². The average molecular weight is 317 g/mol. The summed E-state index contributed by atoms with van der Waals surface area (Å²) in [5.74, 6) is 0.881. The second-order valence-electron chi connectivity index (χ2n) is 3.88. The van der Waals surface area contributed by atoms with Crippen molar-refractivity contribution in [1.82, 2.24) is 15.1 Å². The highest BCUT2D eigenvalue weighted by Crippen LogP contribution is 2.27. The van der Waals surface area contributed by atoms with Crippen molar-refractivity contribution in [3.63, 3.8) is 0 Å². The van der Waals surface area contributed by atoms with E-state index in [1.807, 2.05) is 24.3 Å². The molecule has 0 saturated carbocycles. The summed E-state index contributed by atoms with van der Waals surface area (Å²) >= 11 is 3.45. The van der Waals surface area contributed by atoms with E-state index in [0.29, 0.717) is 23.1 Å². The smallest absolute Gasteiger partial charge is 0.276 e. The van der Waals surface area contributed by atoms with Crippen LogP contribution in [-0.2, 0) is 0 Å². The highest BCUT2D eigenvalue weighted by atomic mass is 79.9. The Labute approximate surface area is 117 Å². The first-order valence-corrected chi connectivity index (χ1v) is 6.34. The number of nitrogens with zero attached hydrogens (tertiary/aromatic N) is 3. The van der Waals surface area contributed by atoms with E-state index in [2.05, 4.69) is 31.1 Å². The van der Waals surface area contributed by atoms with E-state index in [-0.39, 0.29) is 0 Å². The van der Waals surface area contributed by atoms with Gasteiger partial charge in [-0.25, -0.2) is 4.98 Å². The molecule has 0 aliphatic carbocycles. The molecule has 0 bridgehead atoms. The summed E-state index contributed by atoms with van der Waals surface area (Å²) in [4.78, 5) is 8.48. The van der Waals surface area contributed by atoms with Gasteiger partial charge in [0.2, 0.25) is 5.82 Å². The third-order valence-electron chi connectivity index (χ3n) is 2.55. The first-order chi connectivity index (χ1) is 9.24. The summed E-state index contributed by atoms with van der Waals surface area (Å²) in [5, 5.41) is 3.96. The lowest BCUT2D eigenvalue weighted by molar-refractivity contribution is 0.431. The molecule has 0 saturated heterocycles. The van der Waals surface area contributed by atoms with Crippen LogP contribution >= 0.6 is 15.9 Å². The average Bonchev–Trinajstić information content (AvgIpc) is 2.89. The van der Waals surface area contributed by atoms with Gasteiger partial charge < -0.3 is 10.3 Å². The fraction of sp³-hybridized carbons (Fsp3) is 0. The topological polar surface area (TPSA) is 77.8 Å². The van der Waals surface area contributed by atoms with Crippen molar-refractivity contribution in [3.8, 4) is 23.0 Å². The van der Waals surface area contributed by atoms with Gasteiger partial charge in [0.25, 0.3) is 5.89 Å². The van der Waals surface area contributed by atoms with Crippen molar-refractivity contribution in [2.75, 3.05) is 5.73 Å². The fourth-order valence-electron chi connectivity index (χ4n) is 1.61. The van der Waals surface area contributed by atoms with Gasteiger partial charge in [-0.3, -0.25) is 0 Å². The molecule has 6 heteroatoms. The SMILES string of the molecule is Nc1ccc(-c2nc(-c3ccccc3Br)no2)nc1. The monoisotopic (exact) mass is 316 g/mol. The van der Waals surface area contributed by atoms with Crippen molar-refractivity contribution in [2.45, 2.75) is 0 Å². The highest BCUT2D eigenvalue weighted by molar-refractivity contribution is 9.10. The number of hydrogen-bond acceptors (Lipinski definition) is 5. The van der Waals surface area contributed by atoms with E-state index in [1.165, 1.54) is 0 Å². The lowest BCUT2D eigenvalue weighted by atomic mass is 10.2. The number of pyridine rings is 1. The quantitative estimate of drug-likeness (QED) is 0.785. The van der Waals surface area contributed by atoms with Gasteiger partial charge in [0.15, 0.2) is 0 Å². The van der Waals surface area contributed by atoms with Crippen molar-refractivity contribution >= 4 is 21.6 Å². The van der Waals surface area contributed by atoms with Crippen LogP contribution in [0.3, 0.4) is 0 Å². The minimum atomic E-state index is 0.366. The summed E-state index contributed by atoms with van der Waals surface area (Å²) in [6.07, 6.45) is 1.55. The molecule has 2 aromatic heterocycles. The zero-order valence-electron chi connectivity index (χ0n) is 9.75. The number of benzene rings is 1. The number of aromatic nitrogens is 3. The summed E-state index contributed by atoms with van der Waals surface area (Å²) in [6, 6.07) is 11.2. The molecule has 3 rings (SSSR count). The Bertz CT molecular complexity index is 709. The fourth-order valence-corrected chi connectivity index (χ4v) is 2.07. The van der Waals surface area contributed by atoms with Gasteiger partial charge in [-0.2, -0.15) is 4.98 Å². The molecule has 2 heterocycles. The molecule has 0 aliphatic rings. The number of nitrogen functional groups attached to an aromatic ring is 1. The van der Waals surface area contributed by atoms with Crippen LogP contribution < -0.4 is 5.73 Å². The Morgan fingerprint density at radius 2 is 1.95 bits per heavy atom. The van der Waals surface area contributed by atoms with Gasteiger partial charge in [-0.05, 0) is 24.3 Å². The molecule has 19 heavy (non-hydrogen) atoms. The normalized spacial score (nSPS) is 10.6. The third-order valence-corrected chi connectivity index (χ3v) is 3.24. The molecule has 0 amide bonds. The molecular formula is C13H9BrN4O. The standard InChI is InChI=1S/C13H9BrN4O/c14-10-4-2-1-3-9(10)12-17-13(19-18-12)11-6-5-8(15)7-16-11/h1-7H,15H2. The second kappa shape index (κ2) is 4.81. The number of rotatable bonds is 2. The molecule has 1 aromatic carbocycles. The van der Waals surface area contributed by atoms with Crippen LogP contribution in [0.15, 0.2) is 51.6 Å². The van der Waals surface area contributed by atoms with Gasteiger partial charge >= 0.3 is 0 Å². The number of anilines is 1. The molecule has 5 nitrogen and oxygen atoms in total. The van der Waals surface area contributed by atoms with E-state index in [1.54, 1.807) is 18.3 Å². The van der Waals surface area contributed by atoms with E-state index in [9.17, 15) is 0 Å².